The molecule has 0 bridgehead atoms. The lowest BCUT2D eigenvalue weighted by Gasteiger charge is -2.08. The van der Waals surface area contributed by atoms with Crippen LogP contribution in [0.2, 0.25) is 0 Å². The van der Waals surface area contributed by atoms with Gasteiger partial charge in [0.05, 0.1) is 17.6 Å². The number of methoxy groups -OCH3 is 1. The molecular weight excluding hydrogens is 398 g/mol. The zero-order chi connectivity index (χ0) is 21.0. The van der Waals surface area contributed by atoms with Gasteiger partial charge in [0.25, 0.3) is 15.9 Å². The summed E-state index contributed by atoms with van der Waals surface area (Å²) in [5.74, 6) is -0.355. The second kappa shape index (κ2) is 8.15. The van der Waals surface area contributed by atoms with Crippen LogP contribution in [0.4, 0.5) is 11.5 Å². The SMILES string of the molecule is COC(=O)c1ccc(C(=O)Nc2ccc(S(=O)(=O)Nc3cc(C)on3)cc2)cc1. The quantitative estimate of drug-likeness (QED) is 0.593. The molecule has 0 spiro atoms. The molecular formula is C19H17N3O6S. The normalized spacial score (nSPS) is 11.0. The molecule has 0 aliphatic carbocycles. The summed E-state index contributed by atoms with van der Waals surface area (Å²) in [5, 5.41) is 6.24. The van der Waals surface area contributed by atoms with Gasteiger partial charge in [-0.2, -0.15) is 0 Å². The molecule has 3 rings (SSSR count). The van der Waals surface area contributed by atoms with Crippen LogP contribution in [0.15, 0.2) is 64.0 Å². The highest BCUT2D eigenvalue weighted by molar-refractivity contribution is 7.92. The van der Waals surface area contributed by atoms with Crippen molar-refractivity contribution in [2.45, 2.75) is 11.8 Å². The molecule has 10 heteroatoms. The molecule has 0 radical (unpaired) electrons. The fraction of sp³-hybridized carbons (Fsp3) is 0.105. The summed E-state index contributed by atoms with van der Waals surface area (Å²) >= 11 is 0. The largest absolute Gasteiger partial charge is 0.465 e. The molecule has 2 N–H and O–H groups in total. The van der Waals surface area contributed by atoms with Crippen LogP contribution in [-0.4, -0.2) is 32.6 Å². The van der Waals surface area contributed by atoms with Crippen molar-refractivity contribution in [1.29, 1.82) is 0 Å². The highest BCUT2D eigenvalue weighted by atomic mass is 32.2. The van der Waals surface area contributed by atoms with Crippen LogP contribution < -0.4 is 10.0 Å². The summed E-state index contributed by atoms with van der Waals surface area (Å²) in [6.07, 6.45) is 0. The number of carbonyl (C=O) groups is 2. The van der Waals surface area contributed by atoms with Gasteiger partial charge in [-0.25, -0.2) is 13.2 Å². The van der Waals surface area contributed by atoms with Crippen molar-refractivity contribution in [2.24, 2.45) is 0 Å². The summed E-state index contributed by atoms with van der Waals surface area (Å²) < 4.78 is 36.5. The molecule has 0 aliphatic rings. The smallest absolute Gasteiger partial charge is 0.337 e. The van der Waals surface area contributed by atoms with E-state index in [1.54, 1.807) is 6.92 Å². The highest BCUT2D eigenvalue weighted by Gasteiger charge is 2.16. The first-order valence-electron chi connectivity index (χ1n) is 8.34. The van der Waals surface area contributed by atoms with Crippen LogP contribution >= 0.6 is 0 Å². The van der Waals surface area contributed by atoms with Gasteiger partial charge in [-0.1, -0.05) is 5.16 Å². The monoisotopic (exact) mass is 415 g/mol. The average molecular weight is 415 g/mol. The van der Waals surface area contributed by atoms with Gasteiger partial charge in [0.1, 0.15) is 5.76 Å². The van der Waals surface area contributed by atoms with Crippen LogP contribution in [-0.2, 0) is 14.8 Å². The van der Waals surface area contributed by atoms with E-state index in [0.29, 0.717) is 22.6 Å². The Labute approximate surface area is 166 Å². The van der Waals surface area contributed by atoms with Crippen LogP contribution in [0.1, 0.15) is 26.5 Å². The molecule has 0 unspecified atom stereocenters. The van der Waals surface area contributed by atoms with E-state index in [9.17, 15) is 18.0 Å². The number of ether oxygens (including phenoxy) is 1. The first-order chi connectivity index (χ1) is 13.8. The number of hydrogen-bond acceptors (Lipinski definition) is 7. The number of anilines is 2. The van der Waals surface area contributed by atoms with Crippen molar-refractivity contribution in [2.75, 3.05) is 17.1 Å². The van der Waals surface area contributed by atoms with Crippen molar-refractivity contribution >= 4 is 33.4 Å². The van der Waals surface area contributed by atoms with E-state index in [2.05, 4.69) is 19.9 Å². The minimum atomic E-state index is -3.84. The summed E-state index contributed by atoms with van der Waals surface area (Å²) in [7, 11) is -2.57. The summed E-state index contributed by atoms with van der Waals surface area (Å²) in [6, 6.07) is 13.0. The number of esters is 1. The fourth-order valence-electron chi connectivity index (χ4n) is 2.41. The van der Waals surface area contributed by atoms with Crippen molar-refractivity contribution in [1.82, 2.24) is 5.16 Å². The molecule has 1 aromatic heterocycles. The molecule has 1 heterocycles. The van der Waals surface area contributed by atoms with Crippen molar-refractivity contribution < 1.29 is 27.3 Å². The Morgan fingerprint density at radius 3 is 2.17 bits per heavy atom. The lowest BCUT2D eigenvalue weighted by Crippen LogP contribution is -2.14. The van der Waals surface area contributed by atoms with Crippen LogP contribution in [0.3, 0.4) is 0 Å². The van der Waals surface area contributed by atoms with E-state index in [0.717, 1.165) is 0 Å². The second-order valence-corrected chi connectivity index (χ2v) is 7.66. The lowest BCUT2D eigenvalue weighted by molar-refractivity contribution is 0.0600. The third-order valence-corrected chi connectivity index (χ3v) is 5.23. The Morgan fingerprint density at radius 1 is 1.00 bits per heavy atom. The minimum absolute atomic E-state index is 0.00131. The number of amides is 1. The highest BCUT2D eigenvalue weighted by Crippen LogP contribution is 2.19. The van der Waals surface area contributed by atoms with Gasteiger partial charge in [-0.3, -0.25) is 9.52 Å². The van der Waals surface area contributed by atoms with Gasteiger partial charge in [0, 0.05) is 17.3 Å². The zero-order valence-electron chi connectivity index (χ0n) is 15.5. The Bertz CT molecular complexity index is 1140. The van der Waals surface area contributed by atoms with Gasteiger partial charge in [-0.15, -0.1) is 0 Å². The number of benzene rings is 2. The Morgan fingerprint density at radius 2 is 1.62 bits per heavy atom. The van der Waals surface area contributed by atoms with Gasteiger partial charge in [0.15, 0.2) is 5.82 Å². The van der Waals surface area contributed by atoms with Crippen LogP contribution in [0.25, 0.3) is 0 Å². The Hall–Kier alpha value is -3.66. The number of carbonyl (C=O) groups excluding carboxylic acids is 2. The third-order valence-electron chi connectivity index (χ3n) is 3.86. The van der Waals surface area contributed by atoms with Gasteiger partial charge in [0.2, 0.25) is 0 Å². The number of sulfonamides is 1. The average Bonchev–Trinajstić information content (AvgIpc) is 3.11. The predicted molar refractivity (Wildman–Crippen MR) is 104 cm³/mol. The molecule has 9 nitrogen and oxygen atoms in total. The molecule has 0 atom stereocenters. The Balaban J connectivity index is 1.68. The van der Waals surface area contributed by atoms with E-state index < -0.39 is 21.9 Å². The first kappa shape index (κ1) is 20.1. The summed E-state index contributed by atoms with van der Waals surface area (Å²) in [6.45, 7) is 1.64. The summed E-state index contributed by atoms with van der Waals surface area (Å²) in [5.41, 5.74) is 1.06. The number of rotatable bonds is 6. The lowest BCUT2D eigenvalue weighted by atomic mass is 10.1. The van der Waals surface area contributed by atoms with Crippen molar-refractivity contribution in [3.63, 3.8) is 0 Å². The topological polar surface area (TPSA) is 128 Å². The van der Waals surface area contributed by atoms with Crippen LogP contribution in [0.5, 0.6) is 0 Å². The van der Waals surface area contributed by atoms with E-state index in [4.69, 9.17) is 4.52 Å². The maximum absolute atomic E-state index is 12.4. The number of hydrogen-bond donors (Lipinski definition) is 2. The molecule has 0 aliphatic heterocycles. The van der Waals surface area contributed by atoms with Crippen molar-refractivity contribution in [3.8, 4) is 0 Å². The molecule has 2 aromatic carbocycles. The van der Waals surface area contributed by atoms with E-state index in [-0.39, 0.29) is 10.7 Å². The first-order valence-corrected chi connectivity index (χ1v) is 9.83. The maximum Gasteiger partial charge on any atom is 0.337 e. The fourth-order valence-corrected chi connectivity index (χ4v) is 3.39. The predicted octanol–water partition coefficient (Wildman–Crippen LogP) is 2.82. The number of aryl methyl sites for hydroxylation is 1. The minimum Gasteiger partial charge on any atom is -0.465 e. The molecule has 0 saturated heterocycles. The second-order valence-electron chi connectivity index (χ2n) is 5.98. The van der Waals surface area contributed by atoms with Gasteiger partial charge in [-0.05, 0) is 55.5 Å². The Kier molecular flexibility index (Phi) is 5.64. The number of aromatic nitrogens is 1. The number of nitrogens with one attached hydrogen (secondary N) is 2. The molecule has 0 saturated carbocycles. The molecule has 1 amide bonds. The maximum atomic E-state index is 12.4. The molecule has 150 valence electrons. The standard InChI is InChI=1S/C19H17N3O6S/c1-12-11-17(21-28-12)22-29(25,26)16-9-7-15(8-10-16)20-18(23)13-3-5-14(6-4-13)19(24)27-2/h3-11H,1-2H3,(H,20,23)(H,21,22). The number of nitrogens with zero attached hydrogens (tertiary/aromatic N) is 1. The van der Waals surface area contributed by atoms with E-state index >= 15 is 0 Å². The van der Waals surface area contributed by atoms with Gasteiger partial charge < -0.3 is 14.6 Å². The zero-order valence-corrected chi connectivity index (χ0v) is 16.3. The van der Waals surface area contributed by atoms with Gasteiger partial charge >= 0.3 is 5.97 Å². The van der Waals surface area contributed by atoms with E-state index in [1.165, 1.54) is 61.7 Å². The molecule has 3 aromatic rings. The summed E-state index contributed by atoms with van der Waals surface area (Å²) in [4.78, 5) is 23.7. The van der Waals surface area contributed by atoms with E-state index in [1.807, 2.05) is 0 Å². The molecule has 29 heavy (non-hydrogen) atoms. The van der Waals surface area contributed by atoms with Crippen molar-refractivity contribution in [3.05, 3.63) is 71.5 Å². The third kappa shape index (κ3) is 4.79. The molecule has 0 fully saturated rings. The van der Waals surface area contributed by atoms with Crippen LogP contribution in [0, 0.1) is 6.92 Å².